The molecule has 1 N–H and O–H groups in total. The fourth-order valence-corrected chi connectivity index (χ4v) is 3.68. The highest BCUT2D eigenvalue weighted by Gasteiger charge is 2.42. The van der Waals surface area contributed by atoms with Gasteiger partial charge in [0.05, 0.1) is 12.8 Å². The number of amides is 2. The highest BCUT2D eigenvalue weighted by Crippen LogP contribution is 2.38. The summed E-state index contributed by atoms with van der Waals surface area (Å²) in [4.78, 5) is 40.0. The second-order valence-electron chi connectivity index (χ2n) is 8.52. The minimum absolute atomic E-state index is 0.0947. The summed E-state index contributed by atoms with van der Waals surface area (Å²) in [5.41, 5.74) is 0.833. The van der Waals surface area contributed by atoms with Crippen LogP contribution < -0.4 is 19.7 Å². The van der Waals surface area contributed by atoms with Crippen LogP contribution in [0.5, 0.6) is 11.5 Å². The Labute approximate surface area is 203 Å². The summed E-state index contributed by atoms with van der Waals surface area (Å²) in [7, 11) is 1.54. The average Bonchev–Trinajstić information content (AvgIpc) is 2.86. The van der Waals surface area contributed by atoms with E-state index >= 15 is 0 Å². The summed E-state index contributed by atoms with van der Waals surface area (Å²) in [6, 6.07) is 21.0. The van der Waals surface area contributed by atoms with E-state index in [4.69, 9.17) is 14.2 Å². The highest BCUT2D eigenvalue weighted by atomic mass is 16.5. The molecule has 0 fully saturated rings. The molecule has 0 unspecified atom stereocenters. The van der Waals surface area contributed by atoms with Crippen LogP contribution in [0, 0.1) is 0 Å². The molecule has 4 rings (SSSR count). The molecule has 2 amide bonds. The molecule has 0 aromatic heterocycles. The van der Waals surface area contributed by atoms with Crippen LogP contribution in [0.1, 0.15) is 29.8 Å². The van der Waals surface area contributed by atoms with Gasteiger partial charge in [-0.15, -0.1) is 0 Å². The lowest BCUT2D eigenvalue weighted by atomic mass is 10.0. The van der Waals surface area contributed by atoms with E-state index in [-0.39, 0.29) is 19.1 Å². The zero-order valence-corrected chi connectivity index (χ0v) is 19.7. The molecular formula is C27H26N2O6. The molecule has 0 bridgehead atoms. The van der Waals surface area contributed by atoms with Crippen molar-refractivity contribution in [1.82, 2.24) is 0 Å². The summed E-state index contributed by atoms with van der Waals surface area (Å²) in [6.07, 6.45) is 0. The third-order valence-corrected chi connectivity index (χ3v) is 5.49. The zero-order chi connectivity index (χ0) is 25.0. The molecule has 1 aliphatic rings. The molecule has 0 radical (unpaired) electrons. The molecule has 35 heavy (non-hydrogen) atoms. The summed E-state index contributed by atoms with van der Waals surface area (Å²) in [6.45, 7) is 3.04. The smallest absolute Gasteiger partial charge is 0.326 e. The van der Waals surface area contributed by atoms with Gasteiger partial charge in [-0.25, -0.2) is 0 Å². The summed E-state index contributed by atoms with van der Waals surface area (Å²) in [5.74, 6) is -0.368. The van der Waals surface area contributed by atoms with Crippen molar-refractivity contribution in [3.05, 3.63) is 83.9 Å². The van der Waals surface area contributed by atoms with Crippen molar-refractivity contribution in [2.24, 2.45) is 0 Å². The normalized spacial score (nSPS) is 13.9. The maximum atomic E-state index is 13.1. The van der Waals surface area contributed by atoms with Gasteiger partial charge in [0.15, 0.2) is 5.60 Å². The van der Waals surface area contributed by atoms with Crippen molar-refractivity contribution in [1.29, 1.82) is 0 Å². The van der Waals surface area contributed by atoms with Gasteiger partial charge in [-0.2, -0.15) is 0 Å². The van der Waals surface area contributed by atoms with Crippen LogP contribution in [0.25, 0.3) is 0 Å². The number of carbonyl (C=O) groups is 3. The second kappa shape index (κ2) is 9.89. The lowest BCUT2D eigenvalue weighted by molar-refractivity contribution is -0.145. The van der Waals surface area contributed by atoms with Gasteiger partial charge in [0.1, 0.15) is 24.7 Å². The second-order valence-corrected chi connectivity index (χ2v) is 8.52. The molecule has 0 aliphatic carbocycles. The number of ether oxygens (including phenoxy) is 3. The van der Waals surface area contributed by atoms with E-state index < -0.39 is 17.5 Å². The Kier molecular flexibility index (Phi) is 6.73. The molecule has 3 aromatic rings. The van der Waals surface area contributed by atoms with Crippen LogP contribution in [0.15, 0.2) is 72.8 Å². The largest absolute Gasteiger partial charge is 0.497 e. The van der Waals surface area contributed by atoms with Crippen LogP contribution >= 0.6 is 0 Å². The molecule has 8 nitrogen and oxygen atoms in total. The fraction of sp³-hybridized carbons (Fsp3) is 0.222. The number of rotatable bonds is 7. The van der Waals surface area contributed by atoms with Crippen molar-refractivity contribution in [2.75, 3.05) is 23.9 Å². The van der Waals surface area contributed by atoms with Gasteiger partial charge in [0.2, 0.25) is 0 Å². The Hall–Kier alpha value is -4.33. The van der Waals surface area contributed by atoms with Crippen molar-refractivity contribution < 1.29 is 28.6 Å². The van der Waals surface area contributed by atoms with E-state index in [0.29, 0.717) is 28.4 Å². The van der Waals surface area contributed by atoms with Gasteiger partial charge < -0.3 is 19.5 Å². The van der Waals surface area contributed by atoms with Crippen molar-refractivity contribution in [3.63, 3.8) is 0 Å². The Morgan fingerprint density at radius 2 is 1.77 bits per heavy atom. The zero-order valence-electron chi connectivity index (χ0n) is 19.7. The summed E-state index contributed by atoms with van der Waals surface area (Å²) < 4.78 is 16.4. The number of fused-ring (bicyclic) bond motifs is 1. The predicted octanol–water partition coefficient (Wildman–Crippen LogP) is 4.19. The average molecular weight is 475 g/mol. The first-order valence-electron chi connectivity index (χ1n) is 11.1. The number of nitrogens with one attached hydrogen (secondary N) is 1. The first-order valence-corrected chi connectivity index (χ1v) is 11.1. The van der Waals surface area contributed by atoms with E-state index in [1.165, 1.54) is 11.0 Å². The molecule has 180 valence electrons. The number of esters is 1. The Morgan fingerprint density at radius 1 is 1.00 bits per heavy atom. The van der Waals surface area contributed by atoms with E-state index in [0.717, 1.165) is 5.56 Å². The Bertz CT molecular complexity index is 1260. The standard InChI is InChI=1S/C27H26N2O6/c1-27(2)26(32)29(16-24(30)34-17-18-8-5-4-6-9-18)22-14-19(12-13-23(22)35-27)25(31)28-20-10-7-11-21(15-20)33-3/h4-15H,16-17H2,1-3H3,(H,28,31). The van der Waals surface area contributed by atoms with Crippen LogP contribution in [-0.2, 0) is 20.9 Å². The van der Waals surface area contributed by atoms with Gasteiger partial charge in [-0.05, 0) is 49.7 Å². The number of nitrogens with zero attached hydrogens (tertiary/aromatic N) is 1. The van der Waals surface area contributed by atoms with Crippen LogP contribution in [0.2, 0.25) is 0 Å². The topological polar surface area (TPSA) is 94.2 Å². The molecule has 0 saturated heterocycles. The van der Waals surface area contributed by atoms with Crippen molar-refractivity contribution >= 4 is 29.2 Å². The highest BCUT2D eigenvalue weighted by molar-refractivity contribution is 6.09. The fourth-order valence-electron chi connectivity index (χ4n) is 3.68. The van der Waals surface area contributed by atoms with Crippen LogP contribution in [0.3, 0.4) is 0 Å². The van der Waals surface area contributed by atoms with Crippen molar-refractivity contribution in [2.45, 2.75) is 26.1 Å². The molecule has 8 heteroatoms. The lowest BCUT2D eigenvalue weighted by Crippen LogP contribution is -2.54. The molecule has 0 spiro atoms. The first kappa shape index (κ1) is 23.8. The SMILES string of the molecule is COc1cccc(NC(=O)c2ccc3c(c2)N(CC(=O)OCc2ccccc2)C(=O)C(C)(C)O3)c1. The number of carbonyl (C=O) groups excluding carboxylic acids is 3. The minimum atomic E-state index is -1.18. The molecule has 1 heterocycles. The Morgan fingerprint density at radius 3 is 2.51 bits per heavy atom. The summed E-state index contributed by atoms with van der Waals surface area (Å²) in [5, 5.41) is 2.81. The number of anilines is 2. The van der Waals surface area contributed by atoms with Gasteiger partial charge in [0, 0.05) is 17.3 Å². The lowest BCUT2D eigenvalue weighted by Gasteiger charge is -2.38. The molecular weight excluding hydrogens is 448 g/mol. The minimum Gasteiger partial charge on any atom is -0.497 e. The van der Waals surface area contributed by atoms with Gasteiger partial charge in [-0.1, -0.05) is 36.4 Å². The number of benzene rings is 3. The van der Waals surface area contributed by atoms with Crippen LogP contribution in [-0.4, -0.2) is 37.0 Å². The molecule has 0 atom stereocenters. The molecule has 0 saturated carbocycles. The molecule has 1 aliphatic heterocycles. The van der Waals surface area contributed by atoms with E-state index in [2.05, 4.69) is 5.32 Å². The maximum absolute atomic E-state index is 13.1. The van der Waals surface area contributed by atoms with Gasteiger partial charge in [-0.3, -0.25) is 19.3 Å². The van der Waals surface area contributed by atoms with E-state index in [1.807, 2.05) is 30.3 Å². The maximum Gasteiger partial charge on any atom is 0.326 e. The third-order valence-electron chi connectivity index (χ3n) is 5.49. The van der Waals surface area contributed by atoms with E-state index in [1.54, 1.807) is 57.4 Å². The predicted molar refractivity (Wildman–Crippen MR) is 131 cm³/mol. The quantitative estimate of drug-likeness (QED) is 0.516. The van der Waals surface area contributed by atoms with E-state index in [9.17, 15) is 14.4 Å². The number of methoxy groups -OCH3 is 1. The molecule has 3 aromatic carbocycles. The monoisotopic (exact) mass is 474 g/mol. The summed E-state index contributed by atoms with van der Waals surface area (Å²) >= 11 is 0. The first-order chi connectivity index (χ1) is 16.8. The van der Waals surface area contributed by atoms with Crippen molar-refractivity contribution in [3.8, 4) is 11.5 Å². The van der Waals surface area contributed by atoms with Gasteiger partial charge >= 0.3 is 5.97 Å². The third kappa shape index (κ3) is 5.43. The number of hydrogen-bond acceptors (Lipinski definition) is 6. The van der Waals surface area contributed by atoms with Gasteiger partial charge in [0.25, 0.3) is 11.8 Å². The van der Waals surface area contributed by atoms with Crippen LogP contribution in [0.4, 0.5) is 11.4 Å². The number of hydrogen-bond donors (Lipinski definition) is 1. The Balaban J connectivity index is 1.55.